The van der Waals surface area contributed by atoms with Gasteiger partial charge in [0.1, 0.15) is 0 Å². The molecule has 0 aliphatic carbocycles. The molecule has 0 radical (unpaired) electrons. The fourth-order valence-electron chi connectivity index (χ4n) is 4.56. The molecule has 0 unspecified atom stereocenters. The number of piperidine rings is 1. The Balaban J connectivity index is 1.48. The molecule has 1 aliphatic rings. The fourth-order valence-corrected chi connectivity index (χ4v) is 4.69. The van der Waals surface area contributed by atoms with Crippen LogP contribution in [0.15, 0.2) is 72.8 Å². The normalized spacial score (nSPS) is 13.9. The lowest BCUT2D eigenvalue weighted by molar-refractivity contribution is 0.0936. The second kappa shape index (κ2) is 12.6. The first-order valence-electron chi connectivity index (χ1n) is 12.3. The number of halogens is 1. The van der Waals surface area contributed by atoms with Crippen molar-refractivity contribution in [1.29, 1.82) is 0 Å². The summed E-state index contributed by atoms with van der Waals surface area (Å²) in [4.78, 5) is 28.1. The smallest absolute Gasteiger partial charge is 0.255 e. The number of rotatable bonds is 9. The van der Waals surface area contributed by atoms with Gasteiger partial charge in [0.15, 0.2) is 0 Å². The summed E-state index contributed by atoms with van der Waals surface area (Å²) in [5.74, 6) is 0.184. The number of ether oxygens (including phenoxy) is 1. The predicted molar refractivity (Wildman–Crippen MR) is 145 cm³/mol. The molecule has 2 N–H and O–H groups in total. The number of nitrogens with zero attached hydrogens (tertiary/aromatic N) is 1. The molecule has 0 spiro atoms. The topological polar surface area (TPSA) is 70.7 Å². The summed E-state index contributed by atoms with van der Waals surface area (Å²) in [6.07, 6.45) is 3.21. The molecule has 1 fully saturated rings. The molecule has 4 rings (SSSR count). The molecule has 36 heavy (non-hydrogen) atoms. The van der Waals surface area contributed by atoms with E-state index in [4.69, 9.17) is 16.3 Å². The average Bonchev–Trinajstić information content (AvgIpc) is 2.90. The van der Waals surface area contributed by atoms with E-state index in [2.05, 4.69) is 39.8 Å². The van der Waals surface area contributed by atoms with Gasteiger partial charge in [0.25, 0.3) is 11.8 Å². The van der Waals surface area contributed by atoms with Crippen LogP contribution in [0.4, 0.5) is 11.4 Å². The highest BCUT2D eigenvalue weighted by Crippen LogP contribution is 2.30. The Hall–Kier alpha value is -3.35. The second-order valence-electron chi connectivity index (χ2n) is 9.06. The molecule has 3 aromatic rings. The van der Waals surface area contributed by atoms with E-state index in [9.17, 15) is 9.59 Å². The minimum absolute atomic E-state index is 0.184. The third-order valence-corrected chi connectivity index (χ3v) is 6.77. The maximum Gasteiger partial charge on any atom is 0.255 e. The number of hydrogen-bond acceptors (Lipinski definition) is 4. The van der Waals surface area contributed by atoms with Crippen molar-refractivity contribution in [3.63, 3.8) is 0 Å². The molecule has 6 nitrogen and oxygen atoms in total. The van der Waals surface area contributed by atoms with Crippen molar-refractivity contribution >= 4 is 34.8 Å². The first-order chi connectivity index (χ1) is 17.5. The van der Waals surface area contributed by atoms with Crippen LogP contribution in [0.3, 0.4) is 0 Å². The summed E-state index contributed by atoms with van der Waals surface area (Å²) in [5.41, 5.74) is 3.86. The van der Waals surface area contributed by atoms with Crippen molar-refractivity contribution in [2.24, 2.45) is 5.92 Å². The van der Waals surface area contributed by atoms with Crippen LogP contribution < -0.4 is 15.5 Å². The van der Waals surface area contributed by atoms with Crippen molar-refractivity contribution in [1.82, 2.24) is 5.32 Å². The molecule has 0 saturated carbocycles. The summed E-state index contributed by atoms with van der Waals surface area (Å²) in [6, 6.07) is 22.8. The van der Waals surface area contributed by atoms with Gasteiger partial charge in [0.05, 0.1) is 12.2 Å². The molecule has 0 aromatic heterocycles. The lowest BCUT2D eigenvalue weighted by Crippen LogP contribution is -2.36. The van der Waals surface area contributed by atoms with E-state index in [-0.39, 0.29) is 11.8 Å². The number of anilines is 2. The molecule has 1 heterocycles. The van der Waals surface area contributed by atoms with E-state index in [0.717, 1.165) is 38.0 Å². The van der Waals surface area contributed by atoms with E-state index >= 15 is 0 Å². The first-order valence-corrected chi connectivity index (χ1v) is 12.7. The Morgan fingerprint density at radius 3 is 2.39 bits per heavy atom. The van der Waals surface area contributed by atoms with Gasteiger partial charge >= 0.3 is 0 Å². The van der Waals surface area contributed by atoms with Crippen molar-refractivity contribution in [2.45, 2.75) is 19.3 Å². The van der Waals surface area contributed by atoms with Crippen LogP contribution in [-0.4, -0.2) is 45.2 Å². The highest BCUT2D eigenvalue weighted by atomic mass is 35.5. The number of amides is 2. The Morgan fingerprint density at radius 2 is 1.69 bits per heavy atom. The molecule has 7 heteroatoms. The standard InChI is InChI=1S/C29H32ClN3O3/c1-36-18-15-31-29(35)26-20-25(32-28(34)23-7-9-24(30)10-8-23)11-12-27(26)33-16-13-22(14-17-33)19-21-5-3-2-4-6-21/h2-12,20,22H,13-19H2,1H3,(H,31,35)(H,32,34). The van der Waals surface area contributed by atoms with E-state index in [1.165, 1.54) is 5.56 Å². The maximum atomic E-state index is 13.1. The highest BCUT2D eigenvalue weighted by molar-refractivity contribution is 6.30. The first kappa shape index (κ1) is 25.7. The van der Waals surface area contributed by atoms with Crippen LogP contribution in [0, 0.1) is 5.92 Å². The van der Waals surface area contributed by atoms with Gasteiger partial charge in [-0.15, -0.1) is 0 Å². The zero-order valence-corrected chi connectivity index (χ0v) is 21.3. The third-order valence-electron chi connectivity index (χ3n) is 6.52. The molecule has 0 atom stereocenters. The number of methoxy groups -OCH3 is 1. The molecule has 1 aliphatic heterocycles. The van der Waals surface area contributed by atoms with Gasteiger partial charge in [0, 0.05) is 48.7 Å². The van der Waals surface area contributed by atoms with Crippen LogP contribution in [0.5, 0.6) is 0 Å². The number of carbonyl (C=O) groups excluding carboxylic acids is 2. The van der Waals surface area contributed by atoms with Crippen LogP contribution >= 0.6 is 11.6 Å². The molecule has 0 bridgehead atoms. The molecular formula is C29H32ClN3O3. The predicted octanol–water partition coefficient (Wildman–Crippen LogP) is 5.43. The van der Waals surface area contributed by atoms with Crippen LogP contribution in [0.1, 0.15) is 39.1 Å². The summed E-state index contributed by atoms with van der Waals surface area (Å²) >= 11 is 5.94. The van der Waals surface area contributed by atoms with Gasteiger partial charge in [-0.1, -0.05) is 41.9 Å². The minimum Gasteiger partial charge on any atom is -0.383 e. The summed E-state index contributed by atoms with van der Waals surface area (Å²) in [5, 5.41) is 6.39. The van der Waals surface area contributed by atoms with E-state index in [1.807, 2.05) is 18.2 Å². The molecule has 2 amide bonds. The highest BCUT2D eigenvalue weighted by Gasteiger charge is 2.24. The SMILES string of the molecule is COCCNC(=O)c1cc(NC(=O)c2ccc(Cl)cc2)ccc1N1CCC(Cc2ccccc2)CC1. The average molecular weight is 506 g/mol. The van der Waals surface area contributed by atoms with E-state index in [1.54, 1.807) is 37.4 Å². The van der Waals surface area contributed by atoms with Gasteiger partial charge in [0.2, 0.25) is 0 Å². The summed E-state index contributed by atoms with van der Waals surface area (Å²) in [7, 11) is 1.60. The lowest BCUT2D eigenvalue weighted by Gasteiger charge is -2.35. The Kier molecular flexibility index (Phi) is 8.98. The second-order valence-corrected chi connectivity index (χ2v) is 9.50. The minimum atomic E-state index is -0.258. The van der Waals surface area contributed by atoms with Gasteiger partial charge in [-0.25, -0.2) is 0 Å². The molecule has 3 aromatic carbocycles. The van der Waals surface area contributed by atoms with Crippen molar-refractivity contribution in [2.75, 3.05) is 43.6 Å². The van der Waals surface area contributed by atoms with Gasteiger partial charge in [-0.2, -0.15) is 0 Å². The van der Waals surface area contributed by atoms with Crippen LogP contribution in [0.25, 0.3) is 0 Å². The van der Waals surface area contributed by atoms with Crippen molar-refractivity contribution < 1.29 is 14.3 Å². The van der Waals surface area contributed by atoms with Crippen molar-refractivity contribution in [3.05, 3.63) is 94.5 Å². The fraction of sp³-hybridized carbons (Fsp3) is 0.310. The van der Waals surface area contributed by atoms with Crippen molar-refractivity contribution in [3.8, 4) is 0 Å². The quantitative estimate of drug-likeness (QED) is 0.380. The molecular weight excluding hydrogens is 474 g/mol. The Labute approximate surface area is 217 Å². The van der Waals surface area contributed by atoms with E-state index < -0.39 is 0 Å². The van der Waals surface area contributed by atoms with E-state index in [0.29, 0.717) is 40.9 Å². The molecule has 188 valence electrons. The third kappa shape index (κ3) is 6.86. The van der Waals surface area contributed by atoms with Gasteiger partial charge in [-0.05, 0) is 73.2 Å². The number of carbonyl (C=O) groups is 2. The summed E-state index contributed by atoms with van der Waals surface area (Å²) < 4.78 is 5.08. The maximum absolute atomic E-state index is 13.1. The Bertz CT molecular complexity index is 1160. The largest absolute Gasteiger partial charge is 0.383 e. The van der Waals surface area contributed by atoms with Crippen LogP contribution in [0.2, 0.25) is 5.02 Å². The monoisotopic (exact) mass is 505 g/mol. The zero-order valence-electron chi connectivity index (χ0n) is 20.5. The van der Waals surface area contributed by atoms with Crippen LogP contribution in [-0.2, 0) is 11.2 Å². The molecule has 1 saturated heterocycles. The number of hydrogen-bond donors (Lipinski definition) is 2. The summed E-state index contributed by atoms with van der Waals surface area (Å²) in [6.45, 7) is 2.60. The lowest BCUT2D eigenvalue weighted by atomic mass is 9.89. The number of nitrogens with one attached hydrogen (secondary N) is 2. The zero-order chi connectivity index (χ0) is 25.3. The van der Waals surface area contributed by atoms with Gasteiger partial charge < -0.3 is 20.3 Å². The number of benzene rings is 3. The van der Waals surface area contributed by atoms with Gasteiger partial charge in [-0.3, -0.25) is 9.59 Å². The Morgan fingerprint density at radius 1 is 0.972 bits per heavy atom.